The minimum Gasteiger partial charge on any atom is -0.368 e. The molecule has 10 heteroatoms. The average molecular weight is 364 g/mol. The predicted octanol–water partition coefficient (Wildman–Crippen LogP) is 3.22. The lowest BCUT2D eigenvalue weighted by Crippen LogP contribution is -2.16. The number of aromatic nitrogens is 4. The number of nitrogens with one attached hydrogen (secondary N) is 2. The quantitative estimate of drug-likeness (QED) is 0.743. The van der Waals surface area contributed by atoms with Gasteiger partial charge in [-0.2, -0.15) is 22.7 Å². The van der Waals surface area contributed by atoms with Gasteiger partial charge in [0.2, 0.25) is 5.95 Å². The zero-order chi connectivity index (χ0) is 18.9. The van der Waals surface area contributed by atoms with Crippen molar-refractivity contribution in [2.75, 3.05) is 10.6 Å². The van der Waals surface area contributed by atoms with Crippen LogP contribution >= 0.6 is 0 Å². The second kappa shape index (κ2) is 6.62. The first-order valence-electron chi connectivity index (χ1n) is 7.70. The van der Waals surface area contributed by atoms with Gasteiger partial charge in [0.15, 0.2) is 5.65 Å². The maximum absolute atomic E-state index is 13.1. The second-order valence-corrected chi connectivity index (χ2v) is 5.83. The number of pyridine rings is 2. The average Bonchev–Trinajstić information content (AvgIpc) is 2.97. The van der Waals surface area contributed by atoms with Gasteiger partial charge in [0.05, 0.1) is 11.1 Å². The number of carbonyl (C=O) groups is 1. The summed E-state index contributed by atoms with van der Waals surface area (Å²) in [5, 5.41) is 9.43. The Bertz CT molecular complexity index is 936. The van der Waals surface area contributed by atoms with Gasteiger partial charge in [-0.1, -0.05) is 0 Å². The molecular formula is C16H15F3N6O. The molecule has 2 N–H and O–H groups in total. The topological polar surface area (TPSA) is 84.2 Å². The summed E-state index contributed by atoms with van der Waals surface area (Å²) < 4.78 is 40.5. The van der Waals surface area contributed by atoms with Crippen LogP contribution in [0.1, 0.15) is 29.8 Å². The van der Waals surface area contributed by atoms with Crippen molar-refractivity contribution in [2.24, 2.45) is 0 Å². The minimum atomic E-state index is -4.53. The molecule has 0 spiro atoms. The van der Waals surface area contributed by atoms with Gasteiger partial charge in [-0.05, 0) is 38.1 Å². The maximum atomic E-state index is 13.1. The lowest BCUT2D eigenvalue weighted by atomic mass is 10.2. The number of nitrogens with zero attached hydrogens (tertiary/aromatic N) is 4. The van der Waals surface area contributed by atoms with E-state index in [0.29, 0.717) is 0 Å². The van der Waals surface area contributed by atoms with E-state index in [4.69, 9.17) is 0 Å². The van der Waals surface area contributed by atoms with Gasteiger partial charge in [-0.15, -0.1) is 5.10 Å². The van der Waals surface area contributed by atoms with Crippen LogP contribution in [0.2, 0.25) is 0 Å². The molecule has 136 valence electrons. The van der Waals surface area contributed by atoms with Gasteiger partial charge >= 0.3 is 6.18 Å². The number of alkyl halides is 3. The fourth-order valence-corrected chi connectivity index (χ4v) is 2.27. The molecule has 0 atom stereocenters. The molecule has 0 unspecified atom stereocenters. The van der Waals surface area contributed by atoms with E-state index < -0.39 is 17.6 Å². The van der Waals surface area contributed by atoms with Gasteiger partial charge in [0.25, 0.3) is 5.91 Å². The molecule has 3 aromatic rings. The number of hydrogen-bond acceptors (Lipinski definition) is 5. The molecule has 0 aromatic carbocycles. The summed E-state index contributed by atoms with van der Waals surface area (Å²) in [6, 6.07) is 4.84. The molecule has 0 aliphatic rings. The Kier molecular flexibility index (Phi) is 4.49. The minimum absolute atomic E-state index is 0.0375. The Balaban J connectivity index is 2.00. The van der Waals surface area contributed by atoms with E-state index in [0.717, 1.165) is 12.1 Å². The smallest absolute Gasteiger partial charge is 0.368 e. The lowest BCUT2D eigenvalue weighted by Gasteiger charge is -2.14. The van der Waals surface area contributed by atoms with Crippen molar-refractivity contribution in [3.63, 3.8) is 0 Å². The van der Waals surface area contributed by atoms with E-state index in [9.17, 15) is 18.0 Å². The van der Waals surface area contributed by atoms with Crippen molar-refractivity contribution in [3.8, 4) is 0 Å². The Morgan fingerprint density at radius 2 is 2.04 bits per heavy atom. The summed E-state index contributed by atoms with van der Waals surface area (Å²) >= 11 is 0. The molecule has 0 bridgehead atoms. The van der Waals surface area contributed by atoms with Gasteiger partial charge in [-0.25, -0.2) is 0 Å². The molecule has 1 amide bonds. The summed E-state index contributed by atoms with van der Waals surface area (Å²) in [5.74, 6) is -0.493. The van der Waals surface area contributed by atoms with E-state index >= 15 is 0 Å². The van der Waals surface area contributed by atoms with E-state index in [1.165, 1.54) is 16.9 Å². The van der Waals surface area contributed by atoms with Crippen LogP contribution in [0.4, 0.5) is 24.9 Å². The SMILES string of the molecule is CC(C)Nc1cc(C(F)(F)F)cc2nc(NC(=O)c3cccnc3)nn12. The molecule has 0 aliphatic heterocycles. The predicted molar refractivity (Wildman–Crippen MR) is 88.9 cm³/mol. The molecule has 0 aliphatic carbocycles. The summed E-state index contributed by atoms with van der Waals surface area (Å²) in [4.78, 5) is 20.0. The normalized spacial score (nSPS) is 11.8. The van der Waals surface area contributed by atoms with E-state index in [-0.39, 0.29) is 29.0 Å². The number of halogens is 3. The van der Waals surface area contributed by atoms with Crippen molar-refractivity contribution < 1.29 is 18.0 Å². The summed E-state index contributed by atoms with van der Waals surface area (Å²) in [6.07, 6.45) is -1.65. The number of amides is 1. The van der Waals surface area contributed by atoms with E-state index in [1.54, 1.807) is 26.0 Å². The first-order valence-corrected chi connectivity index (χ1v) is 7.70. The van der Waals surface area contributed by atoms with E-state index in [2.05, 4.69) is 25.7 Å². The monoisotopic (exact) mass is 364 g/mol. The highest BCUT2D eigenvalue weighted by Crippen LogP contribution is 2.32. The molecule has 0 saturated carbocycles. The van der Waals surface area contributed by atoms with Crippen LogP contribution in [-0.4, -0.2) is 31.5 Å². The lowest BCUT2D eigenvalue weighted by molar-refractivity contribution is -0.137. The third-order valence-electron chi connectivity index (χ3n) is 3.35. The molecule has 3 aromatic heterocycles. The van der Waals surface area contributed by atoms with Gasteiger partial charge in [0, 0.05) is 18.4 Å². The van der Waals surface area contributed by atoms with Crippen molar-refractivity contribution in [1.29, 1.82) is 0 Å². The Labute approximate surface area is 146 Å². The Morgan fingerprint density at radius 1 is 1.27 bits per heavy atom. The summed E-state index contributed by atoms with van der Waals surface area (Å²) in [7, 11) is 0. The summed E-state index contributed by atoms with van der Waals surface area (Å²) in [5.41, 5.74) is -0.613. The van der Waals surface area contributed by atoms with Crippen LogP contribution < -0.4 is 10.6 Å². The number of carbonyl (C=O) groups excluding carboxylic acids is 1. The Morgan fingerprint density at radius 3 is 2.65 bits per heavy atom. The van der Waals surface area contributed by atoms with Crippen LogP contribution in [0.15, 0.2) is 36.7 Å². The van der Waals surface area contributed by atoms with Gasteiger partial charge in [-0.3, -0.25) is 15.1 Å². The highest BCUT2D eigenvalue weighted by Gasteiger charge is 2.32. The van der Waals surface area contributed by atoms with Crippen molar-refractivity contribution in [3.05, 3.63) is 47.8 Å². The standard InChI is InChI=1S/C16H15F3N6O/c1-9(2)21-12-6-11(16(17,18)19)7-13-22-15(24-25(12)13)23-14(26)10-4-3-5-20-8-10/h3-9,21H,1-2H3,(H,23,24,26). The van der Waals surface area contributed by atoms with Crippen LogP contribution in [0.3, 0.4) is 0 Å². The first-order chi connectivity index (χ1) is 12.2. The van der Waals surface area contributed by atoms with Crippen LogP contribution in [-0.2, 0) is 6.18 Å². The highest BCUT2D eigenvalue weighted by atomic mass is 19.4. The molecule has 0 saturated heterocycles. The molecule has 3 rings (SSSR count). The zero-order valence-corrected chi connectivity index (χ0v) is 13.9. The fraction of sp³-hybridized carbons (Fsp3) is 0.250. The maximum Gasteiger partial charge on any atom is 0.416 e. The third-order valence-corrected chi connectivity index (χ3v) is 3.35. The number of hydrogen-bond donors (Lipinski definition) is 2. The first kappa shape index (κ1) is 17.6. The molecular weight excluding hydrogens is 349 g/mol. The highest BCUT2D eigenvalue weighted by molar-refractivity contribution is 6.03. The van der Waals surface area contributed by atoms with Crippen LogP contribution in [0.25, 0.3) is 5.65 Å². The molecule has 3 heterocycles. The molecule has 0 fully saturated rings. The Hall–Kier alpha value is -3.17. The number of anilines is 2. The van der Waals surface area contributed by atoms with Crippen LogP contribution in [0, 0.1) is 0 Å². The van der Waals surface area contributed by atoms with Gasteiger partial charge < -0.3 is 5.32 Å². The molecule has 0 radical (unpaired) electrons. The molecule has 26 heavy (non-hydrogen) atoms. The van der Waals surface area contributed by atoms with E-state index in [1.807, 2.05) is 0 Å². The summed E-state index contributed by atoms with van der Waals surface area (Å²) in [6.45, 7) is 3.57. The zero-order valence-electron chi connectivity index (χ0n) is 13.9. The van der Waals surface area contributed by atoms with Crippen molar-refractivity contribution in [1.82, 2.24) is 19.6 Å². The van der Waals surface area contributed by atoms with Crippen LogP contribution in [0.5, 0.6) is 0 Å². The fourth-order valence-electron chi connectivity index (χ4n) is 2.27. The largest absolute Gasteiger partial charge is 0.416 e. The van der Waals surface area contributed by atoms with Gasteiger partial charge in [0.1, 0.15) is 5.82 Å². The second-order valence-electron chi connectivity index (χ2n) is 5.83. The van der Waals surface area contributed by atoms with Crippen molar-refractivity contribution in [2.45, 2.75) is 26.1 Å². The molecule has 7 nitrogen and oxygen atoms in total. The number of rotatable bonds is 4. The third kappa shape index (κ3) is 3.73. The van der Waals surface area contributed by atoms with Crippen molar-refractivity contribution >= 4 is 23.3 Å². The number of fused-ring (bicyclic) bond motifs is 1.